The Morgan fingerprint density at radius 2 is 2.29 bits per heavy atom. The molecule has 0 bridgehead atoms. The minimum atomic E-state index is -0.102. The fourth-order valence-corrected chi connectivity index (χ4v) is 2.21. The number of nitrogens with zero attached hydrogens (tertiary/aromatic N) is 2. The van der Waals surface area contributed by atoms with Crippen molar-refractivity contribution >= 4 is 0 Å². The second-order valence-corrected chi connectivity index (χ2v) is 4.47. The Morgan fingerprint density at radius 3 is 3.06 bits per heavy atom. The Kier molecular flexibility index (Phi) is 3.35. The molecule has 0 saturated carbocycles. The topological polar surface area (TPSA) is 69.4 Å². The molecule has 1 aromatic heterocycles. The van der Waals surface area contributed by atoms with Crippen LogP contribution in [-0.4, -0.2) is 43.1 Å². The summed E-state index contributed by atoms with van der Waals surface area (Å²) in [7, 11) is 0. The summed E-state index contributed by atoms with van der Waals surface area (Å²) >= 11 is 0. The van der Waals surface area contributed by atoms with Crippen LogP contribution < -0.4 is 5.32 Å². The maximum absolute atomic E-state index is 5.57. The molecule has 0 aromatic carbocycles. The van der Waals surface area contributed by atoms with E-state index in [9.17, 15) is 0 Å². The summed E-state index contributed by atoms with van der Waals surface area (Å²) < 4.78 is 16.3. The van der Waals surface area contributed by atoms with Gasteiger partial charge in [0.2, 0.25) is 0 Å². The van der Waals surface area contributed by atoms with Crippen LogP contribution in [0.25, 0.3) is 0 Å². The summed E-state index contributed by atoms with van der Waals surface area (Å²) in [5.74, 6) is 1.62. The average molecular weight is 239 g/mol. The van der Waals surface area contributed by atoms with Gasteiger partial charge in [0.25, 0.3) is 5.89 Å². The van der Waals surface area contributed by atoms with Gasteiger partial charge in [0.15, 0.2) is 5.82 Å². The molecule has 94 valence electrons. The lowest BCUT2D eigenvalue weighted by Crippen LogP contribution is -2.33. The number of aromatic nitrogens is 2. The molecule has 1 aromatic rings. The molecule has 3 heterocycles. The van der Waals surface area contributed by atoms with E-state index in [2.05, 4.69) is 15.5 Å². The highest BCUT2D eigenvalue weighted by atomic mass is 16.5. The molecule has 0 aliphatic carbocycles. The Hall–Kier alpha value is -0.980. The Balaban J connectivity index is 1.68. The molecule has 2 aliphatic heterocycles. The predicted octanol–water partition coefficient (Wildman–Crippen LogP) is 0.624. The highest BCUT2D eigenvalue weighted by Crippen LogP contribution is 2.25. The lowest BCUT2D eigenvalue weighted by atomic mass is 10.0. The van der Waals surface area contributed by atoms with Crippen molar-refractivity contribution in [3.05, 3.63) is 11.7 Å². The van der Waals surface area contributed by atoms with Crippen LogP contribution in [0, 0.1) is 0 Å². The van der Waals surface area contributed by atoms with Crippen molar-refractivity contribution in [1.29, 1.82) is 0 Å². The zero-order valence-electron chi connectivity index (χ0n) is 9.72. The van der Waals surface area contributed by atoms with Gasteiger partial charge in [0, 0.05) is 25.6 Å². The maximum atomic E-state index is 5.57. The zero-order valence-corrected chi connectivity index (χ0v) is 9.72. The monoisotopic (exact) mass is 239 g/mol. The van der Waals surface area contributed by atoms with E-state index in [1.54, 1.807) is 0 Å². The van der Waals surface area contributed by atoms with Crippen molar-refractivity contribution in [2.45, 2.75) is 24.9 Å². The minimum absolute atomic E-state index is 0.102. The summed E-state index contributed by atoms with van der Waals surface area (Å²) in [6.45, 7) is 3.85. The first-order valence-electron chi connectivity index (χ1n) is 6.17. The van der Waals surface area contributed by atoms with Gasteiger partial charge in [0.05, 0.1) is 13.2 Å². The van der Waals surface area contributed by atoms with E-state index in [0.29, 0.717) is 19.1 Å². The summed E-state index contributed by atoms with van der Waals surface area (Å²) in [6.07, 6.45) is 2.04. The summed E-state index contributed by atoms with van der Waals surface area (Å²) in [6, 6.07) is 0. The molecular weight excluding hydrogens is 222 g/mol. The molecule has 2 fully saturated rings. The summed E-state index contributed by atoms with van der Waals surface area (Å²) in [5.41, 5.74) is 0. The Bertz CT molecular complexity index is 324. The van der Waals surface area contributed by atoms with Crippen LogP contribution in [0.2, 0.25) is 0 Å². The van der Waals surface area contributed by atoms with Crippen LogP contribution in [0.1, 0.15) is 36.6 Å². The molecule has 17 heavy (non-hydrogen) atoms. The molecule has 2 aliphatic rings. The van der Waals surface area contributed by atoms with Gasteiger partial charge in [-0.1, -0.05) is 5.16 Å². The molecule has 2 unspecified atom stereocenters. The standard InChI is InChI=1S/C11H17N3O3/c1-2-8(7-15-4-1)10-13-11(17-14-10)9-6-12-3-5-16-9/h8-9,12H,1-7H2. The van der Waals surface area contributed by atoms with Gasteiger partial charge in [-0.3, -0.25) is 0 Å². The van der Waals surface area contributed by atoms with Crippen LogP contribution in [0.3, 0.4) is 0 Å². The van der Waals surface area contributed by atoms with E-state index >= 15 is 0 Å². The molecule has 2 atom stereocenters. The van der Waals surface area contributed by atoms with Gasteiger partial charge < -0.3 is 19.3 Å². The van der Waals surface area contributed by atoms with E-state index in [0.717, 1.165) is 38.4 Å². The maximum Gasteiger partial charge on any atom is 0.257 e. The van der Waals surface area contributed by atoms with Crippen molar-refractivity contribution in [3.8, 4) is 0 Å². The van der Waals surface area contributed by atoms with Crippen LogP contribution in [-0.2, 0) is 9.47 Å². The number of rotatable bonds is 2. The third-order valence-corrected chi connectivity index (χ3v) is 3.19. The van der Waals surface area contributed by atoms with E-state index in [-0.39, 0.29) is 12.0 Å². The Labute approximate surface area is 99.7 Å². The molecule has 0 amide bonds. The predicted molar refractivity (Wildman–Crippen MR) is 58.7 cm³/mol. The normalized spacial score (nSPS) is 30.4. The number of hydrogen-bond acceptors (Lipinski definition) is 6. The Morgan fingerprint density at radius 1 is 1.29 bits per heavy atom. The molecule has 0 radical (unpaired) electrons. The largest absolute Gasteiger partial charge is 0.381 e. The molecule has 1 N–H and O–H groups in total. The smallest absolute Gasteiger partial charge is 0.257 e. The van der Waals surface area contributed by atoms with Gasteiger partial charge >= 0.3 is 0 Å². The van der Waals surface area contributed by atoms with Gasteiger partial charge in [-0.05, 0) is 12.8 Å². The third kappa shape index (κ3) is 2.48. The zero-order chi connectivity index (χ0) is 11.5. The fraction of sp³-hybridized carbons (Fsp3) is 0.818. The molecule has 3 rings (SSSR count). The minimum Gasteiger partial charge on any atom is -0.381 e. The van der Waals surface area contributed by atoms with Crippen LogP contribution in [0.4, 0.5) is 0 Å². The first kappa shape index (κ1) is 11.1. The van der Waals surface area contributed by atoms with Gasteiger partial charge in [-0.15, -0.1) is 0 Å². The number of morpholine rings is 1. The molecule has 2 saturated heterocycles. The lowest BCUT2D eigenvalue weighted by Gasteiger charge is -2.20. The lowest BCUT2D eigenvalue weighted by molar-refractivity contribution is 0.00755. The second-order valence-electron chi connectivity index (χ2n) is 4.47. The first-order valence-corrected chi connectivity index (χ1v) is 6.17. The van der Waals surface area contributed by atoms with Gasteiger partial charge in [0.1, 0.15) is 6.10 Å². The van der Waals surface area contributed by atoms with Gasteiger partial charge in [-0.25, -0.2) is 0 Å². The number of ether oxygens (including phenoxy) is 2. The van der Waals surface area contributed by atoms with E-state index in [1.807, 2.05) is 0 Å². The van der Waals surface area contributed by atoms with Crippen LogP contribution in [0.5, 0.6) is 0 Å². The molecular formula is C11H17N3O3. The molecule has 6 nitrogen and oxygen atoms in total. The van der Waals surface area contributed by atoms with Crippen molar-refractivity contribution in [3.63, 3.8) is 0 Å². The number of nitrogens with one attached hydrogen (secondary N) is 1. The van der Waals surface area contributed by atoms with Crippen molar-refractivity contribution in [2.75, 3.05) is 32.9 Å². The van der Waals surface area contributed by atoms with Crippen LogP contribution >= 0.6 is 0 Å². The van der Waals surface area contributed by atoms with Crippen LogP contribution in [0.15, 0.2) is 4.52 Å². The summed E-state index contributed by atoms with van der Waals surface area (Å²) in [5, 5.41) is 7.29. The fourth-order valence-electron chi connectivity index (χ4n) is 2.21. The van der Waals surface area contributed by atoms with Crippen molar-refractivity contribution < 1.29 is 14.0 Å². The third-order valence-electron chi connectivity index (χ3n) is 3.19. The SMILES string of the molecule is C1COCC(c2noc(C3CNCCO3)n2)C1. The quantitative estimate of drug-likeness (QED) is 0.816. The van der Waals surface area contributed by atoms with Crippen molar-refractivity contribution in [1.82, 2.24) is 15.5 Å². The highest BCUT2D eigenvalue weighted by molar-refractivity contribution is 4.99. The van der Waals surface area contributed by atoms with E-state index in [1.165, 1.54) is 0 Å². The summed E-state index contributed by atoms with van der Waals surface area (Å²) in [4.78, 5) is 4.43. The first-order chi connectivity index (χ1) is 8.43. The van der Waals surface area contributed by atoms with E-state index < -0.39 is 0 Å². The molecule has 6 heteroatoms. The second kappa shape index (κ2) is 5.12. The number of hydrogen-bond donors (Lipinski definition) is 1. The molecule has 0 spiro atoms. The average Bonchev–Trinajstić information content (AvgIpc) is 2.90. The highest BCUT2D eigenvalue weighted by Gasteiger charge is 2.26. The van der Waals surface area contributed by atoms with Crippen molar-refractivity contribution in [2.24, 2.45) is 0 Å². The van der Waals surface area contributed by atoms with Gasteiger partial charge in [-0.2, -0.15) is 4.98 Å². The van der Waals surface area contributed by atoms with E-state index in [4.69, 9.17) is 14.0 Å².